The number of hydrogen-bond donors (Lipinski definition) is 0. The van der Waals surface area contributed by atoms with Gasteiger partial charge in [0.1, 0.15) is 0 Å². The van der Waals surface area contributed by atoms with Gasteiger partial charge in [-0.2, -0.15) is 0 Å². The van der Waals surface area contributed by atoms with E-state index in [1.807, 2.05) is 0 Å². The molecule has 0 saturated heterocycles. The number of nitrogens with zero attached hydrogens (tertiary/aromatic N) is 1. The lowest BCUT2D eigenvalue weighted by atomic mass is 9.34. The monoisotopic (exact) mass is 1020 g/mol. The van der Waals surface area contributed by atoms with Crippen molar-refractivity contribution in [1.82, 2.24) is 4.57 Å². The van der Waals surface area contributed by atoms with E-state index in [-0.39, 0.29) is 24.3 Å². The summed E-state index contributed by atoms with van der Waals surface area (Å²) in [5.41, 5.74) is 32.6. The minimum atomic E-state index is 0.0994. The zero-order chi connectivity index (χ0) is 54.2. The van der Waals surface area contributed by atoms with Crippen molar-refractivity contribution in [3.8, 4) is 27.9 Å². The Morgan fingerprint density at radius 3 is 1.47 bits per heavy atom. The van der Waals surface area contributed by atoms with Crippen molar-refractivity contribution in [2.75, 3.05) is 0 Å². The molecule has 5 aliphatic rings. The average Bonchev–Trinajstić information content (AvgIpc) is 4.10. The summed E-state index contributed by atoms with van der Waals surface area (Å²) in [6.07, 6.45) is 7.97. The van der Waals surface area contributed by atoms with Gasteiger partial charge >= 0.3 is 0 Å². The maximum Gasteiger partial charge on any atom is 0.243 e. The Kier molecular flexibility index (Phi) is 11.9. The molecule has 4 aliphatic carbocycles. The van der Waals surface area contributed by atoms with Crippen LogP contribution in [0.2, 0.25) is 0 Å². The molecule has 0 N–H and O–H groups in total. The fraction of sp³-hybridized carbons (Fsp3) is 0.289. The Labute approximate surface area is 471 Å². The van der Waals surface area contributed by atoms with Gasteiger partial charge in [0, 0.05) is 16.5 Å². The lowest BCUT2D eigenvalue weighted by molar-refractivity contribution is -0.0281. The summed E-state index contributed by atoms with van der Waals surface area (Å²) >= 11 is 0. The third kappa shape index (κ3) is 8.02. The van der Waals surface area contributed by atoms with Crippen molar-refractivity contribution in [2.24, 2.45) is 11.8 Å². The minimum absolute atomic E-state index is 0.0994. The standard InChI is InChI=1S/C76H75B2N/c1-46(2)64-38-59(39-65(47(3)4)74(64)78-68-22-16-14-20-62(68)63-21-15-17-23-69(63)78)76-43-54-36-55(44-76)42-75(41-54,45-76)58-27-24-56(25-28-58)57-26-30-70-66(37-57)67-40-60(29-31-71(67)79(70)61-18-12-11-13-19-61)77(72-50(7)32-48(5)33-51(72)8)73-52(9)34-49(6)35-53(73)10/h11-35,37-40,46-47,54-55H,36,41-45H2,1-10H3. The minimum Gasteiger partial charge on any atom is -0.309 e. The lowest BCUT2D eigenvalue weighted by Gasteiger charge is -2.63. The number of aryl methyl sites for hydroxylation is 6. The van der Waals surface area contributed by atoms with Crippen LogP contribution in [0.15, 0.2) is 176 Å². The molecule has 390 valence electrons. The molecule has 2 heterocycles. The average molecular weight is 1020 g/mol. The predicted molar refractivity (Wildman–Crippen MR) is 341 cm³/mol. The van der Waals surface area contributed by atoms with Gasteiger partial charge in [-0.1, -0.05) is 239 Å². The molecule has 1 nitrogen and oxygen atoms in total. The highest BCUT2D eigenvalue weighted by Gasteiger charge is 2.59. The lowest BCUT2D eigenvalue weighted by Crippen LogP contribution is -2.56. The van der Waals surface area contributed by atoms with Crippen LogP contribution in [0.4, 0.5) is 0 Å². The van der Waals surface area contributed by atoms with Crippen molar-refractivity contribution >= 4 is 68.0 Å². The highest BCUT2D eigenvalue weighted by Crippen LogP contribution is 2.66. The molecule has 2 unspecified atom stereocenters. The van der Waals surface area contributed by atoms with Crippen LogP contribution in [-0.2, 0) is 10.8 Å². The maximum atomic E-state index is 2.75. The molecule has 9 aromatic carbocycles. The number of hydrogen-bond acceptors (Lipinski definition) is 0. The summed E-state index contributed by atoms with van der Waals surface area (Å²) in [4.78, 5) is 0. The summed E-state index contributed by atoms with van der Waals surface area (Å²) in [5.74, 6) is 2.39. The van der Waals surface area contributed by atoms with Crippen LogP contribution in [0.5, 0.6) is 0 Å². The maximum absolute atomic E-state index is 2.75. The first-order chi connectivity index (χ1) is 38.2. The second-order valence-electron chi connectivity index (χ2n) is 26.3. The molecule has 79 heavy (non-hydrogen) atoms. The molecular formula is C76H75B2N. The van der Waals surface area contributed by atoms with Crippen molar-refractivity contribution in [3.63, 3.8) is 0 Å². The van der Waals surface area contributed by atoms with Crippen LogP contribution in [0.25, 0.3) is 49.7 Å². The summed E-state index contributed by atoms with van der Waals surface area (Å²) in [6, 6.07) is 69.2. The third-order valence-corrected chi connectivity index (χ3v) is 20.3. The third-order valence-electron chi connectivity index (χ3n) is 20.3. The second kappa shape index (κ2) is 18.8. The van der Waals surface area contributed by atoms with Gasteiger partial charge in [-0.05, 0) is 189 Å². The second-order valence-corrected chi connectivity index (χ2v) is 26.3. The Morgan fingerprint density at radius 1 is 0.468 bits per heavy atom. The van der Waals surface area contributed by atoms with Gasteiger partial charge in [-0.15, -0.1) is 0 Å². The molecule has 2 atom stereocenters. The topological polar surface area (TPSA) is 4.93 Å². The van der Waals surface area contributed by atoms with E-state index in [1.54, 1.807) is 27.7 Å². The zero-order valence-corrected chi connectivity index (χ0v) is 48.4. The van der Waals surface area contributed by atoms with Crippen molar-refractivity contribution in [3.05, 3.63) is 232 Å². The molecule has 10 aromatic rings. The smallest absolute Gasteiger partial charge is 0.243 e. The van der Waals surface area contributed by atoms with Gasteiger partial charge in [-0.3, -0.25) is 0 Å². The molecule has 4 saturated carbocycles. The Bertz CT molecular complexity index is 3880. The van der Waals surface area contributed by atoms with Crippen LogP contribution in [0.3, 0.4) is 0 Å². The van der Waals surface area contributed by atoms with Crippen molar-refractivity contribution < 1.29 is 0 Å². The van der Waals surface area contributed by atoms with Gasteiger partial charge in [0.15, 0.2) is 0 Å². The summed E-state index contributed by atoms with van der Waals surface area (Å²) < 4.78 is 2.48. The fourth-order valence-electron chi connectivity index (χ4n) is 17.7. The highest BCUT2D eigenvalue weighted by atomic mass is 15.0. The van der Waals surface area contributed by atoms with Crippen LogP contribution in [0, 0.1) is 53.4 Å². The van der Waals surface area contributed by atoms with E-state index in [0.717, 1.165) is 11.8 Å². The molecule has 1 aromatic heterocycles. The van der Waals surface area contributed by atoms with E-state index in [1.165, 1.54) is 149 Å². The molecule has 0 spiro atoms. The van der Waals surface area contributed by atoms with Crippen molar-refractivity contribution in [1.29, 1.82) is 0 Å². The van der Waals surface area contributed by atoms with Crippen LogP contribution >= 0.6 is 0 Å². The molecule has 1 aliphatic heterocycles. The fourth-order valence-corrected chi connectivity index (χ4v) is 17.7. The van der Waals surface area contributed by atoms with Gasteiger partial charge in [0.25, 0.3) is 0 Å². The molecule has 3 heteroatoms. The Balaban J connectivity index is 0.857. The summed E-state index contributed by atoms with van der Waals surface area (Å²) in [5, 5.41) is 2.60. The largest absolute Gasteiger partial charge is 0.309 e. The molecular weight excluding hydrogens is 948 g/mol. The van der Waals surface area contributed by atoms with Crippen LogP contribution in [-0.4, -0.2) is 18.0 Å². The van der Waals surface area contributed by atoms with E-state index < -0.39 is 0 Å². The molecule has 15 rings (SSSR count). The summed E-state index contributed by atoms with van der Waals surface area (Å²) in [7, 11) is 0. The van der Waals surface area contributed by atoms with E-state index in [2.05, 4.69) is 250 Å². The van der Waals surface area contributed by atoms with Gasteiger partial charge in [-0.25, -0.2) is 0 Å². The van der Waals surface area contributed by atoms with Gasteiger partial charge < -0.3 is 4.57 Å². The molecule has 0 amide bonds. The number of fused-ring (bicyclic) bond motifs is 6. The van der Waals surface area contributed by atoms with Gasteiger partial charge in [0.2, 0.25) is 13.4 Å². The normalized spacial score (nSPS) is 20.0. The van der Waals surface area contributed by atoms with E-state index in [4.69, 9.17) is 0 Å². The summed E-state index contributed by atoms with van der Waals surface area (Å²) in [6.45, 7) is 23.9. The SMILES string of the molecule is Cc1cc(C)c(B(c2ccc3c(c2)c2cc(-c4ccc(C56CC7CC(C5)CC(c5cc(C(C)C)c(B8c9ccccc9-c9ccccc98)c(C(C)C)c5)(C7)C6)cc4)ccc2n3-c2ccccc2)c2c(C)cc(C)cc2C)c(C)c1. The zero-order valence-electron chi connectivity index (χ0n) is 48.4. The first-order valence-corrected chi connectivity index (χ1v) is 29.9. The number of aromatic nitrogens is 1. The molecule has 0 radical (unpaired) electrons. The van der Waals surface area contributed by atoms with Crippen molar-refractivity contribution in [2.45, 2.75) is 130 Å². The quantitative estimate of drug-likeness (QED) is 0.120. The Morgan fingerprint density at radius 2 is 0.937 bits per heavy atom. The van der Waals surface area contributed by atoms with E-state index in [9.17, 15) is 0 Å². The predicted octanol–water partition coefficient (Wildman–Crippen LogP) is 15.4. The molecule has 4 fully saturated rings. The first-order valence-electron chi connectivity index (χ1n) is 29.9. The highest BCUT2D eigenvalue weighted by molar-refractivity contribution is 6.99. The van der Waals surface area contributed by atoms with Crippen LogP contribution < -0.4 is 32.8 Å². The van der Waals surface area contributed by atoms with Gasteiger partial charge in [0.05, 0.1) is 11.0 Å². The van der Waals surface area contributed by atoms with E-state index >= 15 is 0 Å². The first kappa shape index (κ1) is 50.2. The van der Waals surface area contributed by atoms with Crippen LogP contribution in [0.1, 0.15) is 134 Å². The number of para-hydroxylation sites is 1. The molecule has 4 bridgehead atoms. The van der Waals surface area contributed by atoms with E-state index in [0.29, 0.717) is 11.8 Å². The number of benzene rings is 9. The Hall–Kier alpha value is -7.09. The number of rotatable bonds is 10.